The lowest BCUT2D eigenvalue weighted by molar-refractivity contribution is -0.156. The highest BCUT2D eigenvalue weighted by Crippen LogP contribution is 2.66. The second kappa shape index (κ2) is 7.02. The van der Waals surface area contributed by atoms with Crippen LogP contribution in [0.25, 0.3) is 11.8 Å². The number of carbonyl (C=O) groups is 1. The minimum atomic E-state index is -0.705. The van der Waals surface area contributed by atoms with E-state index >= 15 is 0 Å². The van der Waals surface area contributed by atoms with Crippen LogP contribution in [0, 0.1) is 40.3 Å². The number of aliphatic carboxylic acids is 1. The molecule has 4 aliphatic rings. The van der Waals surface area contributed by atoms with Crippen LogP contribution in [0.4, 0.5) is 4.39 Å². The topological polar surface area (TPSA) is 75.3 Å². The predicted molar refractivity (Wildman–Crippen MR) is 122 cm³/mol. The summed E-state index contributed by atoms with van der Waals surface area (Å²) in [4.78, 5) is 12.0. The molecule has 3 saturated carbocycles. The summed E-state index contributed by atoms with van der Waals surface area (Å²) >= 11 is 0. The van der Waals surface area contributed by atoms with Gasteiger partial charge in [-0.25, -0.2) is 9.07 Å². The number of carboxylic acid groups (broad SMARTS) is 1. The number of carboxylic acids is 1. The lowest BCUT2D eigenvalue weighted by Crippen LogP contribution is -2.57. The molecule has 2 N–H and O–H groups in total. The maximum absolute atomic E-state index is 13.4. The maximum atomic E-state index is 13.4. The Balaban J connectivity index is 1.37. The fraction of sp³-hybridized carbons (Fsp3) is 0.556. The number of hydrogen-bond donors (Lipinski definition) is 2. The summed E-state index contributed by atoms with van der Waals surface area (Å²) in [5, 5.41) is 26.0. The van der Waals surface area contributed by atoms with Gasteiger partial charge in [-0.2, -0.15) is 5.10 Å². The van der Waals surface area contributed by atoms with Gasteiger partial charge in [0.1, 0.15) is 5.82 Å². The minimum absolute atomic E-state index is 0.130. The van der Waals surface area contributed by atoms with Crippen molar-refractivity contribution in [2.75, 3.05) is 0 Å². The molecule has 6 heteroatoms. The fourth-order valence-corrected chi connectivity index (χ4v) is 8.38. The molecule has 0 amide bonds. The number of rotatable bonds is 2. The van der Waals surface area contributed by atoms with Gasteiger partial charge in [0.15, 0.2) is 0 Å². The average molecular weight is 451 g/mol. The summed E-state index contributed by atoms with van der Waals surface area (Å²) in [5.74, 6) is -0.490. The Bertz CT molecular complexity index is 1150. The molecule has 7 atom stereocenters. The van der Waals surface area contributed by atoms with Gasteiger partial charge in [0, 0.05) is 0 Å². The zero-order chi connectivity index (χ0) is 23.1. The first-order valence-electron chi connectivity index (χ1n) is 12.2. The van der Waals surface area contributed by atoms with Crippen molar-refractivity contribution in [3.05, 3.63) is 53.1 Å². The molecule has 7 unspecified atom stereocenters. The van der Waals surface area contributed by atoms with Crippen LogP contribution in [0.15, 0.2) is 36.0 Å². The molecule has 0 spiro atoms. The van der Waals surface area contributed by atoms with Crippen LogP contribution >= 0.6 is 0 Å². The normalized spacial score (nSPS) is 39.2. The monoisotopic (exact) mass is 450 g/mol. The number of fused-ring (bicyclic) bond motifs is 6. The van der Waals surface area contributed by atoms with Crippen LogP contribution in [-0.2, 0) is 11.2 Å². The number of aliphatic hydroxyl groups is 1. The SMILES string of the molecule is CC12Cc3cnn(-c4ccc(F)cc4)c3C=C1CCC1C2C(O)CC2(C)C(C(=O)O)CCC12. The van der Waals surface area contributed by atoms with Gasteiger partial charge >= 0.3 is 5.97 Å². The molecule has 3 fully saturated rings. The van der Waals surface area contributed by atoms with E-state index in [1.807, 2.05) is 10.9 Å². The van der Waals surface area contributed by atoms with E-state index in [0.717, 1.165) is 49.0 Å². The lowest BCUT2D eigenvalue weighted by Gasteiger charge is -2.59. The standard InChI is InChI=1S/C27H31FN2O3/c1-26-12-15-14-29-30(18-6-4-17(28)5-7-18)22(15)11-16(26)3-8-19-20-9-10-21(25(32)33)27(20,2)13-23(31)24(19)26/h4-7,11,14,19-21,23-24,31H,3,8-10,12-13H2,1-2H3,(H,32,33). The fourth-order valence-electron chi connectivity index (χ4n) is 8.38. The van der Waals surface area contributed by atoms with Crippen LogP contribution < -0.4 is 0 Å². The third kappa shape index (κ3) is 2.86. The number of benzene rings is 1. The highest BCUT2D eigenvalue weighted by Gasteiger charge is 2.63. The number of aliphatic hydroxyl groups excluding tert-OH is 1. The van der Waals surface area contributed by atoms with E-state index in [-0.39, 0.29) is 28.5 Å². The van der Waals surface area contributed by atoms with Gasteiger partial charge in [-0.1, -0.05) is 19.4 Å². The van der Waals surface area contributed by atoms with Crippen molar-refractivity contribution in [3.8, 4) is 5.69 Å². The van der Waals surface area contributed by atoms with Crippen molar-refractivity contribution < 1.29 is 19.4 Å². The van der Waals surface area contributed by atoms with E-state index < -0.39 is 12.1 Å². The first-order valence-corrected chi connectivity index (χ1v) is 12.2. The van der Waals surface area contributed by atoms with Gasteiger partial charge in [0.25, 0.3) is 0 Å². The highest BCUT2D eigenvalue weighted by atomic mass is 19.1. The Kier molecular flexibility index (Phi) is 4.48. The average Bonchev–Trinajstić information content (AvgIpc) is 3.32. The number of aromatic nitrogens is 2. The van der Waals surface area contributed by atoms with E-state index in [4.69, 9.17) is 0 Å². The molecule has 0 bridgehead atoms. The molecule has 0 radical (unpaired) electrons. The molecule has 4 aliphatic carbocycles. The Morgan fingerprint density at radius 2 is 1.94 bits per heavy atom. The molecule has 0 aliphatic heterocycles. The molecule has 1 heterocycles. The van der Waals surface area contributed by atoms with Crippen molar-refractivity contribution in [2.45, 2.75) is 58.5 Å². The third-order valence-electron chi connectivity index (χ3n) is 9.79. The number of nitrogens with zero attached hydrogens (tertiary/aromatic N) is 2. The smallest absolute Gasteiger partial charge is 0.307 e. The van der Waals surface area contributed by atoms with Crippen LogP contribution in [0.3, 0.4) is 0 Å². The largest absolute Gasteiger partial charge is 0.481 e. The molecular weight excluding hydrogens is 419 g/mol. The van der Waals surface area contributed by atoms with Crippen molar-refractivity contribution >= 4 is 12.0 Å². The molecule has 33 heavy (non-hydrogen) atoms. The van der Waals surface area contributed by atoms with Crippen molar-refractivity contribution in [2.24, 2.45) is 34.5 Å². The molecule has 1 aromatic heterocycles. The number of hydrogen-bond acceptors (Lipinski definition) is 3. The van der Waals surface area contributed by atoms with Gasteiger partial charge in [-0.3, -0.25) is 4.79 Å². The van der Waals surface area contributed by atoms with Crippen LogP contribution in [-0.4, -0.2) is 32.1 Å². The summed E-state index contributed by atoms with van der Waals surface area (Å²) in [7, 11) is 0. The van der Waals surface area contributed by atoms with Gasteiger partial charge in [-0.15, -0.1) is 0 Å². The molecule has 0 saturated heterocycles. The van der Waals surface area contributed by atoms with E-state index in [1.165, 1.54) is 17.7 Å². The van der Waals surface area contributed by atoms with Gasteiger partial charge in [-0.05, 0) is 103 Å². The second-order valence-corrected chi connectivity index (χ2v) is 11.3. The quantitative estimate of drug-likeness (QED) is 0.685. The lowest BCUT2D eigenvalue weighted by atomic mass is 9.46. The van der Waals surface area contributed by atoms with Gasteiger partial charge in [0.05, 0.1) is 29.6 Å². The maximum Gasteiger partial charge on any atom is 0.307 e. The number of allylic oxidation sites excluding steroid dienone is 1. The van der Waals surface area contributed by atoms with Gasteiger partial charge < -0.3 is 10.2 Å². The van der Waals surface area contributed by atoms with E-state index in [2.05, 4.69) is 25.0 Å². The molecule has 5 nitrogen and oxygen atoms in total. The molecule has 174 valence electrons. The molecular formula is C27H31FN2O3. The first kappa shape index (κ1) is 21.1. The summed E-state index contributed by atoms with van der Waals surface area (Å²) in [6.45, 7) is 4.41. The molecule has 6 rings (SSSR count). The minimum Gasteiger partial charge on any atom is -0.481 e. The van der Waals surface area contributed by atoms with E-state index in [9.17, 15) is 19.4 Å². The van der Waals surface area contributed by atoms with Crippen LogP contribution in [0.2, 0.25) is 0 Å². The summed E-state index contributed by atoms with van der Waals surface area (Å²) in [6.07, 6.45) is 8.68. The molecule has 2 aromatic rings. The number of halogens is 1. The summed E-state index contributed by atoms with van der Waals surface area (Å²) in [5.41, 5.74) is 3.92. The summed E-state index contributed by atoms with van der Waals surface area (Å²) in [6, 6.07) is 6.40. The predicted octanol–water partition coefficient (Wildman–Crippen LogP) is 4.87. The zero-order valence-corrected chi connectivity index (χ0v) is 19.2. The van der Waals surface area contributed by atoms with Gasteiger partial charge in [0.2, 0.25) is 0 Å². The Hall–Kier alpha value is -2.47. The Morgan fingerprint density at radius 1 is 1.18 bits per heavy atom. The Labute approximate surface area is 193 Å². The van der Waals surface area contributed by atoms with Crippen molar-refractivity contribution in [1.29, 1.82) is 0 Å². The summed E-state index contributed by atoms with van der Waals surface area (Å²) < 4.78 is 15.3. The van der Waals surface area contributed by atoms with E-state index in [0.29, 0.717) is 18.3 Å². The first-order chi connectivity index (χ1) is 15.7. The Morgan fingerprint density at radius 3 is 2.67 bits per heavy atom. The third-order valence-corrected chi connectivity index (χ3v) is 9.79. The molecule has 1 aromatic carbocycles. The second-order valence-electron chi connectivity index (χ2n) is 11.3. The van der Waals surface area contributed by atoms with Crippen molar-refractivity contribution in [1.82, 2.24) is 9.78 Å². The highest BCUT2D eigenvalue weighted by molar-refractivity contribution is 5.71. The van der Waals surface area contributed by atoms with Crippen LogP contribution in [0.1, 0.15) is 57.2 Å². The zero-order valence-electron chi connectivity index (χ0n) is 19.2. The van der Waals surface area contributed by atoms with Crippen molar-refractivity contribution in [3.63, 3.8) is 0 Å². The van der Waals surface area contributed by atoms with E-state index in [1.54, 1.807) is 12.1 Å². The van der Waals surface area contributed by atoms with Crippen LogP contribution in [0.5, 0.6) is 0 Å².